The Morgan fingerprint density at radius 1 is 1.06 bits per heavy atom. The number of carbonyl (C=O) groups is 2. The highest BCUT2D eigenvalue weighted by atomic mass is 79.9. The Bertz CT molecular complexity index is 1160. The quantitative estimate of drug-likeness (QED) is 0.366. The van der Waals surface area contributed by atoms with E-state index in [9.17, 15) is 9.59 Å². The van der Waals surface area contributed by atoms with Crippen LogP contribution in [0.25, 0.3) is 0 Å². The summed E-state index contributed by atoms with van der Waals surface area (Å²) in [5, 5.41) is 14.7. The van der Waals surface area contributed by atoms with Crippen molar-refractivity contribution in [2.45, 2.75) is 45.9 Å². The molecule has 0 aliphatic heterocycles. The summed E-state index contributed by atoms with van der Waals surface area (Å²) in [5.74, 6) is 1.17. The number of aryl methyl sites for hydroxylation is 3. The van der Waals surface area contributed by atoms with E-state index in [0.29, 0.717) is 17.5 Å². The molecule has 2 aromatic carbocycles. The van der Waals surface area contributed by atoms with Crippen LogP contribution in [0.3, 0.4) is 0 Å². The van der Waals surface area contributed by atoms with E-state index >= 15 is 0 Å². The van der Waals surface area contributed by atoms with E-state index in [1.807, 2.05) is 68.7 Å². The van der Waals surface area contributed by atoms with Crippen LogP contribution in [0.1, 0.15) is 29.4 Å². The van der Waals surface area contributed by atoms with Gasteiger partial charge in [0.2, 0.25) is 5.91 Å². The van der Waals surface area contributed by atoms with Gasteiger partial charge < -0.3 is 19.9 Å². The van der Waals surface area contributed by atoms with Gasteiger partial charge in [-0.05, 0) is 62.6 Å². The van der Waals surface area contributed by atoms with Crippen molar-refractivity contribution in [3.63, 3.8) is 0 Å². The van der Waals surface area contributed by atoms with Crippen LogP contribution >= 0.6 is 27.7 Å². The van der Waals surface area contributed by atoms with E-state index in [1.165, 1.54) is 11.8 Å². The molecule has 1 heterocycles. The fourth-order valence-corrected chi connectivity index (χ4v) is 4.38. The van der Waals surface area contributed by atoms with E-state index in [1.54, 1.807) is 0 Å². The molecule has 10 heteroatoms. The topological polar surface area (TPSA) is 98.1 Å². The minimum Gasteiger partial charge on any atom is -0.483 e. The van der Waals surface area contributed by atoms with Gasteiger partial charge in [0.1, 0.15) is 5.75 Å². The monoisotopic (exact) mass is 545 g/mol. The highest BCUT2D eigenvalue weighted by Gasteiger charge is 2.15. The van der Waals surface area contributed by atoms with Crippen molar-refractivity contribution >= 4 is 45.2 Å². The van der Waals surface area contributed by atoms with E-state index in [2.05, 4.69) is 36.8 Å². The smallest absolute Gasteiger partial charge is 0.258 e. The van der Waals surface area contributed by atoms with Gasteiger partial charge in [-0.3, -0.25) is 9.59 Å². The van der Waals surface area contributed by atoms with Crippen LogP contribution in [-0.4, -0.2) is 38.9 Å². The molecule has 0 spiro atoms. The average Bonchev–Trinajstić information content (AvgIpc) is 3.20. The Morgan fingerprint density at radius 3 is 2.47 bits per heavy atom. The van der Waals surface area contributed by atoms with Crippen molar-refractivity contribution in [1.29, 1.82) is 0 Å². The number of benzene rings is 2. The van der Waals surface area contributed by atoms with E-state index < -0.39 is 0 Å². The number of rotatable bonds is 10. The second-order valence-electron chi connectivity index (χ2n) is 7.73. The van der Waals surface area contributed by atoms with Crippen LogP contribution in [0.15, 0.2) is 46.0 Å². The molecule has 0 aliphatic rings. The molecule has 2 amide bonds. The number of nitrogens with one attached hydrogen (secondary N) is 2. The summed E-state index contributed by atoms with van der Waals surface area (Å²) >= 11 is 4.76. The lowest BCUT2D eigenvalue weighted by molar-refractivity contribution is -0.123. The molecule has 1 aromatic heterocycles. The summed E-state index contributed by atoms with van der Waals surface area (Å²) < 4.78 is 8.58. The van der Waals surface area contributed by atoms with Crippen LogP contribution in [0.2, 0.25) is 0 Å². The van der Waals surface area contributed by atoms with Gasteiger partial charge in [0.15, 0.2) is 17.6 Å². The van der Waals surface area contributed by atoms with E-state index in [0.717, 1.165) is 32.6 Å². The number of ether oxygens (including phenoxy) is 1. The SMILES string of the molecule is CCn1c(CNC(=O)COc2c(C)cccc2C)nnc1SCC(=O)Nc1ccc(Br)c(C)c1. The van der Waals surface area contributed by atoms with Crippen LogP contribution in [-0.2, 0) is 22.7 Å². The molecule has 0 unspecified atom stereocenters. The minimum absolute atomic E-state index is 0.0801. The number of aromatic nitrogens is 3. The lowest BCUT2D eigenvalue weighted by atomic mass is 10.1. The first-order chi connectivity index (χ1) is 16.3. The van der Waals surface area contributed by atoms with Crippen molar-refractivity contribution in [1.82, 2.24) is 20.1 Å². The molecule has 0 bridgehead atoms. The molecule has 0 aliphatic carbocycles. The Hall–Kier alpha value is -2.85. The van der Waals surface area contributed by atoms with Gasteiger partial charge in [-0.2, -0.15) is 0 Å². The van der Waals surface area contributed by atoms with Gasteiger partial charge in [0.05, 0.1) is 12.3 Å². The van der Waals surface area contributed by atoms with Gasteiger partial charge in [0.25, 0.3) is 5.91 Å². The maximum Gasteiger partial charge on any atom is 0.258 e. The minimum atomic E-state index is -0.244. The first-order valence-corrected chi connectivity index (χ1v) is 12.6. The number of halogens is 1. The predicted octanol–water partition coefficient (Wildman–Crippen LogP) is 4.41. The van der Waals surface area contributed by atoms with Crippen molar-refractivity contribution in [3.8, 4) is 5.75 Å². The van der Waals surface area contributed by atoms with Crippen molar-refractivity contribution in [2.24, 2.45) is 0 Å². The van der Waals surface area contributed by atoms with Gasteiger partial charge in [0, 0.05) is 16.7 Å². The van der Waals surface area contributed by atoms with Gasteiger partial charge in [-0.1, -0.05) is 45.9 Å². The number of carbonyl (C=O) groups excluding carboxylic acids is 2. The lowest BCUT2D eigenvalue weighted by Crippen LogP contribution is -2.29. The molecule has 0 fully saturated rings. The van der Waals surface area contributed by atoms with Crippen molar-refractivity contribution < 1.29 is 14.3 Å². The Kier molecular flexibility index (Phi) is 9.12. The molecule has 180 valence electrons. The number of hydrogen-bond donors (Lipinski definition) is 2. The van der Waals surface area contributed by atoms with Crippen LogP contribution in [0.5, 0.6) is 5.75 Å². The average molecular weight is 546 g/mol. The fourth-order valence-electron chi connectivity index (χ4n) is 3.32. The molecule has 3 rings (SSSR count). The number of nitrogens with zero attached hydrogens (tertiary/aromatic N) is 3. The zero-order valence-electron chi connectivity index (χ0n) is 19.6. The van der Waals surface area contributed by atoms with Crippen LogP contribution in [0.4, 0.5) is 5.69 Å². The molecule has 3 aromatic rings. The first kappa shape index (κ1) is 25.8. The Balaban J connectivity index is 1.50. The van der Waals surface area contributed by atoms with Crippen LogP contribution < -0.4 is 15.4 Å². The molecule has 0 radical (unpaired) electrons. The lowest BCUT2D eigenvalue weighted by Gasteiger charge is -2.12. The number of thioether (sulfide) groups is 1. The van der Waals surface area contributed by atoms with Crippen LogP contribution in [0, 0.1) is 20.8 Å². The summed E-state index contributed by atoms with van der Waals surface area (Å²) in [6, 6.07) is 11.5. The molecule has 0 saturated heterocycles. The van der Waals surface area contributed by atoms with Gasteiger partial charge in [-0.25, -0.2) is 0 Å². The molecule has 0 atom stereocenters. The van der Waals surface area contributed by atoms with Crippen molar-refractivity contribution in [3.05, 3.63) is 63.4 Å². The Morgan fingerprint density at radius 2 is 1.79 bits per heavy atom. The highest BCUT2D eigenvalue weighted by Crippen LogP contribution is 2.23. The summed E-state index contributed by atoms with van der Waals surface area (Å²) in [6.07, 6.45) is 0. The molecule has 34 heavy (non-hydrogen) atoms. The highest BCUT2D eigenvalue weighted by molar-refractivity contribution is 9.10. The summed E-state index contributed by atoms with van der Waals surface area (Å²) in [7, 11) is 0. The summed E-state index contributed by atoms with van der Waals surface area (Å²) in [5.41, 5.74) is 3.76. The first-order valence-electron chi connectivity index (χ1n) is 10.8. The number of amides is 2. The predicted molar refractivity (Wildman–Crippen MR) is 137 cm³/mol. The normalized spacial score (nSPS) is 10.7. The maximum absolute atomic E-state index is 12.4. The number of para-hydroxylation sites is 1. The molecule has 0 saturated carbocycles. The molecular formula is C24H28BrN5O3S. The standard InChI is InChI=1S/C24H28BrN5O3S/c1-5-30-20(12-26-21(31)13-33-23-15(2)7-6-8-16(23)3)28-29-24(30)34-14-22(32)27-18-9-10-19(25)17(4)11-18/h6-11H,5,12-14H2,1-4H3,(H,26,31)(H,27,32). The summed E-state index contributed by atoms with van der Waals surface area (Å²) in [6.45, 7) is 8.59. The number of anilines is 1. The maximum atomic E-state index is 12.4. The third-order valence-corrected chi connectivity index (χ3v) is 6.94. The third kappa shape index (κ3) is 6.83. The zero-order chi connectivity index (χ0) is 24.7. The molecular weight excluding hydrogens is 518 g/mol. The van der Waals surface area contributed by atoms with E-state index in [4.69, 9.17) is 4.74 Å². The second-order valence-corrected chi connectivity index (χ2v) is 9.53. The largest absolute Gasteiger partial charge is 0.483 e. The second kappa shape index (κ2) is 12.0. The third-order valence-electron chi connectivity index (χ3n) is 5.08. The zero-order valence-corrected chi connectivity index (χ0v) is 22.0. The van der Waals surface area contributed by atoms with Gasteiger partial charge in [-0.15, -0.1) is 10.2 Å². The van der Waals surface area contributed by atoms with E-state index in [-0.39, 0.29) is 30.7 Å². The Labute approximate surface area is 212 Å². The molecule has 2 N–H and O–H groups in total. The number of hydrogen-bond acceptors (Lipinski definition) is 6. The summed E-state index contributed by atoms with van der Waals surface area (Å²) in [4.78, 5) is 24.7. The van der Waals surface area contributed by atoms with Crippen molar-refractivity contribution in [2.75, 3.05) is 17.7 Å². The van der Waals surface area contributed by atoms with Gasteiger partial charge >= 0.3 is 0 Å². The fraction of sp³-hybridized carbons (Fsp3) is 0.333. The molecule has 8 nitrogen and oxygen atoms in total.